The van der Waals surface area contributed by atoms with Gasteiger partial charge >= 0.3 is 0 Å². The first-order valence-electron chi connectivity index (χ1n) is 5.79. The van der Waals surface area contributed by atoms with Crippen LogP contribution in [-0.4, -0.2) is 30.9 Å². The van der Waals surface area contributed by atoms with Crippen LogP contribution in [0.5, 0.6) is 0 Å². The first-order chi connectivity index (χ1) is 8.90. The predicted molar refractivity (Wildman–Crippen MR) is 68.4 cm³/mol. The Kier molecular flexibility index (Phi) is 3.70. The van der Waals surface area contributed by atoms with Crippen molar-refractivity contribution in [2.45, 2.75) is 18.1 Å². The summed E-state index contributed by atoms with van der Waals surface area (Å²) in [5.41, 5.74) is -0.260. The summed E-state index contributed by atoms with van der Waals surface area (Å²) >= 11 is 0. The van der Waals surface area contributed by atoms with Crippen molar-refractivity contribution in [3.05, 3.63) is 34.1 Å². The zero-order chi connectivity index (χ0) is 14.0. The fourth-order valence-corrected chi connectivity index (χ4v) is 3.88. The molecule has 1 unspecified atom stereocenters. The first kappa shape index (κ1) is 13.7. The molecule has 104 valence electrons. The number of rotatable bonds is 4. The predicted octanol–water partition coefficient (Wildman–Crippen LogP) is 1.72. The van der Waals surface area contributed by atoms with Crippen molar-refractivity contribution in [1.29, 1.82) is 0 Å². The van der Waals surface area contributed by atoms with Crippen LogP contribution >= 0.6 is 0 Å². The molecule has 0 aliphatic carbocycles. The van der Waals surface area contributed by atoms with Gasteiger partial charge in [-0.2, -0.15) is 0 Å². The van der Waals surface area contributed by atoms with Crippen LogP contribution in [0, 0.1) is 15.9 Å². The molecule has 1 aromatic rings. The first-order valence-corrected chi connectivity index (χ1v) is 7.51. The van der Waals surface area contributed by atoms with Crippen LogP contribution in [0.3, 0.4) is 0 Å². The lowest BCUT2D eigenvalue weighted by molar-refractivity contribution is -0.384. The number of nitrogens with zero attached hydrogens (tertiary/aromatic N) is 1. The number of sulfone groups is 1. The van der Waals surface area contributed by atoms with E-state index < -0.39 is 31.5 Å². The number of nitro groups is 1. The molecule has 0 bridgehead atoms. The van der Waals surface area contributed by atoms with Crippen LogP contribution < -0.4 is 5.32 Å². The van der Waals surface area contributed by atoms with E-state index in [9.17, 15) is 22.9 Å². The van der Waals surface area contributed by atoms with Gasteiger partial charge in [0.05, 0.1) is 22.0 Å². The Morgan fingerprint density at radius 2 is 2.21 bits per heavy atom. The smallest absolute Gasteiger partial charge is 0.295 e. The van der Waals surface area contributed by atoms with Crippen LogP contribution in [0.4, 0.5) is 15.8 Å². The van der Waals surface area contributed by atoms with Crippen LogP contribution in [0.2, 0.25) is 0 Å². The van der Waals surface area contributed by atoms with Crippen molar-refractivity contribution in [3.63, 3.8) is 0 Å². The molecular weight excluding hydrogens is 275 g/mol. The molecule has 0 amide bonds. The highest BCUT2D eigenvalue weighted by Gasteiger charge is 2.31. The van der Waals surface area contributed by atoms with Crippen molar-refractivity contribution >= 4 is 21.2 Å². The number of hydrogen-bond acceptors (Lipinski definition) is 5. The molecule has 1 aliphatic heterocycles. The van der Waals surface area contributed by atoms with E-state index in [2.05, 4.69) is 5.32 Å². The quantitative estimate of drug-likeness (QED) is 0.673. The van der Waals surface area contributed by atoms with Gasteiger partial charge in [0.15, 0.2) is 9.84 Å². The Labute approximate surface area is 109 Å². The standard InChI is InChI=1S/C11H13FN2O4S/c12-8-3-4-10(11(6-8)14(15)16)13-7-9-2-1-5-19(9,17)18/h3-4,6,9,13H,1-2,5,7H2. The van der Waals surface area contributed by atoms with Crippen molar-refractivity contribution < 1.29 is 17.7 Å². The maximum absolute atomic E-state index is 12.9. The number of nitrogens with one attached hydrogen (secondary N) is 1. The van der Waals surface area contributed by atoms with Crippen LogP contribution in [0.15, 0.2) is 18.2 Å². The normalized spacial score (nSPS) is 21.2. The minimum absolute atomic E-state index is 0.106. The summed E-state index contributed by atoms with van der Waals surface area (Å²) in [7, 11) is -3.10. The largest absolute Gasteiger partial charge is 0.378 e. The minimum atomic E-state index is -3.10. The maximum Gasteiger partial charge on any atom is 0.295 e. The Morgan fingerprint density at radius 3 is 2.79 bits per heavy atom. The van der Waals surface area contributed by atoms with Gasteiger partial charge in [-0.05, 0) is 25.0 Å². The van der Waals surface area contributed by atoms with Gasteiger partial charge in [-0.3, -0.25) is 10.1 Å². The number of anilines is 1. The molecule has 0 spiro atoms. The number of benzene rings is 1. The Hall–Kier alpha value is -1.70. The molecule has 0 radical (unpaired) electrons. The average Bonchev–Trinajstić information content (AvgIpc) is 2.66. The highest BCUT2D eigenvalue weighted by atomic mass is 32.2. The number of hydrogen-bond donors (Lipinski definition) is 1. The Morgan fingerprint density at radius 1 is 1.47 bits per heavy atom. The minimum Gasteiger partial charge on any atom is -0.378 e. The second-order valence-corrected chi connectivity index (χ2v) is 6.83. The second kappa shape index (κ2) is 5.12. The highest BCUT2D eigenvalue weighted by molar-refractivity contribution is 7.92. The van der Waals surface area contributed by atoms with E-state index in [1.165, 1.54) is 6.07 Å². The molecule has 0 aromatic heterocycles. The fraction of sp³-hybridized carbons (Fsp3) is 0.455. The topological polar surface area (TPSA) is 89.3 Å². The molecule has 19 heavy (non-hydrogen) atoms. The number of nitro benzene ring substituents is 1. The SMILES string of the molecule is O=[N+]([O-])c1cc(F)ccc1NCC1CCCS1(=O)=O. The molecule has 2 rings (SSSR count). The molecule has 6 nitrogen and oxygen atoms in total. The lowest BCUT2D eigenvalue weighted by atomic mass is 10.2. The van der Waals surface area contributed by atoms with Gasteiger partial charge in [-0.15, -0.1) is 0 Å². The van der Waals surface area contributed by atoms with Crippen LogP contribution in [-0.2, 0) is 9.84 Å². The maximum atomic E-state index is 12.9. The van der Waals surface area contributed by atoms with Crippen LogP contribution in [0.1, 0.15) is 12.8 Å². The van der Waals surface area contributed by atoms with E-state index in [1.54, 1.807) is 0 Å². The summed E-state index contributed by atoms with van der Waals surface area (Å²) in [5, 5.41) is 13.0. The van der Waals surface area contributed by atoms with Crippen LogP contribution in [0.25, 0.3) is 0 Å². The van der Waals surface area contributed by atoms with Gasteiger partial charge in [0.1, 0.15) is 11.5 Å². The van der Waals surface area contributed by atoms with E-state index in [1.807, 2.05) is 0 Å². The van der Waals surface area contributed by atoms with Gasteiger partial charge in [0, 0.05) is 6.54 Å². The van der Waals surface area contributed by atoms with Crippen molar-refractivity contribution in [2.24, 2.45) is 0 Å². The molecule has 8 heteroatoms. The lowest BCUT2D eigenvalue weighted by Crippen LogP contribution is -2.25. The molecule has 1 aliphatic rings. The van der Waals surface area contributed by atoms with E-state index in [4.69, 9.17) is 0 Å². The second-order valence-electron chi connectivity index (χ2n) is 4.43. The van der Waals surface area contributed by atoms with Gasteiger partial charge < -0.3 is 5.32 Å². The molecule has 1 heterocycles. The van der Waals surface area contributed by atoms with Gasteiger partial charge in [0.25, 0.3) is 5.69 Å². The summed E-state index contributed by atoms with van der Waals surface area (Å²) in [6.07, 6.45) is 1.16. The summed E-state index contributed by atoms with van der Waals surface area (Å²) in [5.74, 6) is -0.545. The fourth-order valence-electron chi connectivity index (χ4n) is 2.12. The number of halogens is 1. The Balaban J connectivity index is 2.14. The summed E-state index contributed by atoms with van der Waals surface area (Å²) in [6.45, 7) is 0.106. The zero-order valence-electron chi connectivity index (χ0n) is 10.0. The molecule has 1 N–H and O–H groups in total. The summed E-state index contributed by atoms with van der Waals surface area (Å²) in [4.78, 5) is 10.1. The summed E-state index contributed by atoms with van der Waals surface area (Å²) in [6, 6.07) is 3.15. The van der Waals surface area contributed by atoms with Gasteiger partial charge in [-0.25, -0.2) is 12.8 Å². The van der Waals surface area contributed by atoms with Crippen molar-refractivity contribution in [2.75, 3.05) is 17.6 Å². The van der Waals surface area contributed by atoms with E-state index in [0.717, 1.165) is 12.1 Å². The molecule has 1 fully saturated rings. The van der Waals surface area contributed by atoms with E-state index >= 15 is 0 Å². The van der Waals surface area contributed by atoms with Gasteiger partial charge in [-0.1, -0.05) is 0 Å². The van der Waals surface area contributed by atoms with Gasteiger partial charge in [0.2, 0.25) is 0 Å². The zero-order valence-corrected chi connectivity index (χ0v) is 10.8. The average molecular weight is 288 g/mol. The molecule has 1 saturated heterocycles. The lowest BCUT2D eigenvalue weighted by Gasteiger charge is -2.12. The molecule has 1 atom stereocenters. The summed E-state index contributed by atoms with van der Waals surface area (Å²) < 4.78 is 36.2. The van der Waals surface area contributed by atoms with E-state index in [-0.39, 0.29) is 18.0 Å². The monoisotopic (exact) mass is 288 g/mol. The molecule has 0 saturated carbocycles. The van der Waals surface area contributed by atoms with Crippen molar-refractivity contribution in [1.82, 2.24) is 0 Å². The molecular formula is C11H13FN2O4S. The third-order valence-corrected chi connectivity index (χ3v) is 5.42. The third kappa shape index (κ3) is 3.01. The van der Waals surface area contributed by atoms with E-state index in [0.29, 0.717) is 12.8 Å². The highest BCUT2D eigenvalue weighted by Crippen LogP contribution is 2.26. The third-order valence-electron chi connectivity index (χ3n) is 3.14. The van der Waals surface area contributed by atoms with Crippen molar-refractivity contribution in [3.8, 4) is 0 Å². The molecule has 1 aromatic carbocycles. The Bertz CT molecular complexity index is 603.